The van der Waals surface area contributed by atoms with Crippen molar-refractivity contribution in [1.82, 2.24) is 4.90 Å². The van der Waals surface area contributed by atoms with Gasteiger partial charge in [0.1, 0.15) is 0 Å². The van der Waals surface area contributed by atoms with E-state index in [4.69, 9.17) is 0 Å². The van der Waals surface area contributed by atoms with Crippen LogP contribution in [0.1, 0.15) is 52.7 Å². The zero-order valence-electron chi connectivity index (χ0n) is 13.7. The minimum Gasteiger partial charge on any atom is -0.332 e. The number of amides is 1. The maximum Gasteiger partial charge on any atom is 0.249 e. The maximum atomic E-state index is 12.1. The molecule has 0 aliphatic rings. The van der Waals surface area contributed by atoms with Crippen molar-refractivity contribution in [2.24, 2.45) is 0 Å². The van der Waals surface area contributed by atoms with Crippen LogP contribution in [0.2, 0.25) is 0 Å². The van der Waals surface area contributed by atoms with E-state index >= 15 is 0 Å². The molecule has 0 aliphatic carbocycles. The third-order valence-corrected chi connectivity index (χ3v) is 3.42. The Kier molecular flexibility index (Phi) is 5.15. The first-order valence-electron chi connectivity index (χ1n) is 7.19. The van der Waals surface area contributed by atoms with Crippen LogP contribution in [0.15, 0.2) is 36.4 Å². The van der Waals surface area contributed by atoms with E-state index in [9.17, 15) is 4.79 Å². The summed E-state index contributed by atoms with van der Waals surface area (Å²) in [6.45, 7) is 16.8. The zero-order valence-corrected chi connectivity index (χ0v) is 13.7. The molecule has 110 valence electrons. The van der Waals surface area contributed by atoms with Crippen LogP contribution in [0.25, 0.3) is 0 Å². The number of benzene rings is 1. The molecule has 0 N–H and O–H groups in total. The lowest BCUT2D eigenvalue weighted by Crippen LogP contribution is -2.36. The van der Waals surface area contributed by atoms with E-state index in [2.05, 4.69) is 51.6 Å². The topological polar surface area (TPSA) is 20.3 Å². The van der Waals surface area contributed by atoms with Crippen molar-refractivity contribution in [3.63, 3.8) is 0 Å². The highest BCUT2D eigenvalue weighted by atomic mass is 16.2. The number of hydrogen-bond donors (Lipinski definition) is 0. The molecule has 2 nitrogen and oxygen atoms in total. The summed E-state index contributed by atoms with van der Waals surface area (Å²) < 4.78 is 0. The quantitative estimate of drug-likeness (QED) is 0.749. The standard InChI is InChI=1S/C18H27NO/c1-13(2)17(20)19(14(3)4)12-15-8-10-16(11-9-15)18(5,6)7/h8-11,14H,1,12H2,2-7H3. The summed E-state index contributed by atoms with van der Waals surface area (Å²) in [4.78, 5) is 14.0. The summed E-state index contributed by atoms with van der Waals surface area (Å²) in [5.41, 5.74) is 3.21. The van der Waals surface area contributed by atoms with Crippen molar-refractivity contribution in [1.29, 1.82) is 0 Å². The molecule has 0 bridgehead atoms. The molecule has 0 atom stereocenters. The van der Waals surface area contributed by atoms with E-state index in [1.54, 1.807) is 6.92 Å². The van der Waals surface area contributed by atoms with Gasteiger partial charge in [0.15, 0.2) is 0 Å². The zero-order chi connectivity index (χ0) is 15.5. The third kappa shape index (κ3) is 4.22. The fourth-order valence-electron chi connectivity index (χ4n) is 2.04. The van der Waals surface area contributed by atoms with Crippen LogP contribution < -0.4 is 0 Å². The average molecular weight is 273 g/mol. The van der Waals surface area contributed by atoms with Crippen molar-refractivity contribution in [3.8, 4) is 0 Å². The molecule has 0 saturated heterocycles. The number of carbonyl (C=O) groups excluding carboxylic acids is 1. The Labute approximate surface area is 123 Å². The van der Waals surface area contributed by atoms with E-state index < -0.39 is 0 Å². The van der Waals surface area contributed by atoms with Crippen LogP contribution in [0, 0.1) is 0 Å². The van der Waals surface area contributed by atoms with Crippen LogP contribution in [-0.2, 0) is 16.8 Å². The van der Waals surface area contributed by atoms with Gasteiger partial charge in [0.05, 0.1) is 0 Å². The number of nitrogens with zero attached hydrogens (tertiary/aromatic N) is 1. The summed E-state index contributed by atoms with van der Waals surface area (Å²) >= 11 is 0. The van der Waals surface area contributed by atoms with Gasteiger partial charge in [0, 0.05) is 18.2 Å². The van der Waals surface area contributed by atoms with Crippen LogP contribution >= 0.6 is 0 Å². The molecule has 0 aliphatic heterocycles. The molecule has 0 unspecified atom stereocenters. The molecule has 1 aromatic carbocycles. The monoisotopic (exact) mass is 273 g/mol. The first-order valence-corrected chi connectivity index (χ1v) is 7.19. The van der Waals surface area contributed by atoms with Gasteiger partial charge in [-0.25, -0.2) is 0 Å². The highest BCUT2D eigenvalue weighted by molar-refractivity contribution is 5.92. The summed E-state index contributed by atoms with van der Waals surface area (Å²) in [5, 5.41) is 0. The molecule has 0 heterocycles. The van der Waals surface area contributed by atoms with E-state index in [-0.39, 0.29) is 17.4 Å². The lowest BCUT2D eigenvalue weighted by Gasteiger charge is -2.27. The van der Waals surface area contributed by atoms with Gasteiger partial charge in [-0.2, -0.15) is 0 Å². The Morgan fingerprint density at radius 2 is 1.70 bits per heavy atom. The molecule has 1 rings (SSSR count). The summed E-state index contributed by atoms with van der Waals surface area (Å²) in [6, 6.07) is 8.70. The first kappa shape index (κ1) is 16.5. The Balaban J connectivity index is 2.90. The van der Waals surface area contributed by atoms with Gasteiger partial charge in [-0.05, 0) is 37.3 Å². The number of hydrogen-bond acceptors (Lipinski definition) is 1. The molecule has 1 amide bonds. The summed E-state index contributed by atoms with van der Waals surface area (Å²) in [6.07, 6.45) is 0. The SMILES string of the molecule is C=C(C)C(=O)N(Cc1ccc(C(C)(C)C)cc1)C(C)C. The molecule has 0 spiro atoms. The minimum absolute atomic E-state index is 0.0277. The molecule has 20 heavy (non-hydrogen) atoms. The number of rotatable bonds is 4. The lowest BCUT2D eigenvalue weighted by atomic mass is 9.87. The molecule has 2 heteroatoms. The van der Waals surface area contributed by atoms with Gasteiger partial charge in [-0.15, -0.1) is 0 Å². The van der Waals surface area contributed by atoms with E-state index in [1.165, 1.54) is 5.56 Å². The highest BCUT2D eigenvalue weighted by Crippen LogP contribution is 2.23. The average Bonchev–Trinajstić information content (AvgIpc) is 2.34. The Morgan fingerprint density at radius 3 is 2.05 bits per heavy atom. The summed E-state index contributed by atoms with van der Waals surface area (Å²) in [7, 11) is 0. The fraction of sp³-hybridized carbons (Fsp3) is 0.500. The van der Waals surface area contributed by atoms with Crippen molar-refractivity contribution < 1.29 is 4.79 Å². The molecular weight excluding hydrogens is 246 g/mol. The second-order valence-electron chi connectivity index (χ2n) is 6.75. The first-order chi connectivity index (χ1) is 9.12. The van der Waals surface area contributed by atoms with Crippen LogP contribution in [0.3, 0.4) is 0 Å². The van der Waals surface area contributed by atoms with Crippen molar-refractivity contribution in [2.45, 2.75) is 59.5 Å². The Hall–Kier alpha value is -1.57. The molecule has 0 radical (unpaired) electrons. The van der Waals surface area contributed by atoms with E-state index in [0.29, 0.717) is 12.1 Å². The normalized spacial score (nSPS) is 11.6. The van der Waals surface area contributed by atoms with Crippen LogP contribution in [0.5, 0.6) is 0 Å². The molecular formula is C18H27NO. The van der Waals surface area contributed by atoms with Gasteiger partial charge < -0.3 is 4.90 Å². The van der Waals surface area contributed by atoms with Gasteiger partial charge >= 0.3 is 0 Å². The van der Waals surface area contributed by atoms with Gasteiger partial charge in [0.25, 0.3) is 0 Å². The number of carbonyl (C=O) groups is 1. The van der Waals surface area contributed by atoms with Crippen molar-refractivity contribution in [2.75, 3.05) is 0 Å². The van der Waals surface area contributed by atoms with Crippen LogP contribution in [0.4, 0.5) is 0 Å². The maximum absolute atomic E-state index is 12.1. The molecule has 0 saturated carbocycles. The largest absolute Gasteiger partial charge is 0.332 e. The fourth-order valence-corrected chi connectivity index (χ4v) is 2.04. The van der Waals surface area contributed by atoms with Gasteiger partial charge in [-0.3, -0.25) is 4.79 Å². The van der Waals surface area contributed by atoms with Crippen LogP contribution in [-0.4, -0.2) is 16.8 Å². The molecule has 1 aromatic rings. The minimum atomic E-state index is 0.0277. The van der Waals surface area contributed by atoms with Gasteiger partial charge in [-0.1, -0.05) is 51.6 Å². The van der Waals surface area contributed by atoms with E-state index in [1.807, 2.05) is 18.7 Å². The second-order valence-corrected chi connectivity index (χ2v) is 6.75. The van der Waals surface area contributed by atoms with E-state index in [0.717, 1.165) is 5.56 Å². The third-order valence-electron chi connectivity index (χ3n) is 3.42. The van der Waals surface area contributed by atoms with Crippen molar-refractivity contribution >= 4 is 5.91 Å². The molecule has 0 fully saturated rings. The summed E-state index contributed by atoms with van der Waals surface area (Å²) in [5.74, 6) is 0.0277. The van der Waals surface area contributed by atoms with Crippen molar-refractivity contribution in [3.05, 3.63) is 47.5 Å². The molecule has 0 aromatic heterocycles. The predicted molar refractivity (Wildman–Crippen MR) is 85.6 cm³/mol. The predicted octanol–water partition coefficient (Wildman–Crippen LogP) is 4.30. The highest BCUT2D eigenvalue weighted by Gasteiger charge is 2.18. The second kappa shape index (κ2) is 6.25. The Morgan fingerprint density at radius 1 is 1.20 bits per heavy atom. The Bertz CT molecular complexity index is 477. The smallest absolute Gasteiger partial charge is 0.249 e. The van der Waals surface area contributed by atoms with Gasteiger partial charge in [0.2, 0.25) is 5.91 Å². The lowest BCUT2D eigenvalue weighted by molar-refractivity contribution is -0.129.